The first-order valence-electron chi connectivity index (χ1n) is 3.08. The molecule has 1 aromatic carbocycles. The van der Waals surface area contributed by atoms with Crippen molar-refractivity contribution in [2.75, 3.05) is 5.08 Å². The fraction of sp³-hybridized carbons (Fsp3) is 0.143. The molecule has 0 unspecified atom stereocenters. The van der Waals surface area contributed by atoms with Crippen LogP contribution in [-0.2, 0) is 0 Å². The third-order valence-corrected chi connectivity index (χ3v) is 8.11. The molecule has 1 saturated heterocycles. The molecule has 0 spiro atoms. The van der Waals surface area contributed by atoms with Crippen molar-refractivity contribution in [3.63, 3.8) is 0 Å². The molecule has 0 aromatic heterocycles. The Bertz CT molecular complexity index is 127. The Kier molecular flexibility index (Phi) is 6.42. The van der Waals surface area contributed by atoms with Gasteiger partial charge in [0.25, 0.3) is 0 Å². The monoisotopic (exact) mass is 220 g/mol. The largest absolute Gasteiger partial charge is 0.0698 e. The Balaban J connectivity index is 0.000000112. The zero-order valence-electron chi connectivity index (χ0n) is 5.80. The Labute approximate surface area is 82.5 Å². The van der Waals surface area contributed by atoms with E-state index in [0.717, 1.165) is 0 Å². The third kappa shape index (κ3) is 5.84. The van der Waals surface area contributed by atoms with Crippen molar-refractivity contribution in [3.05, 3.63) is 36.4 Å². The lowest BCUT2D eigenvalue weighted by Gasteiger charge is -1.69. The average molecular weight is 220 g/mol. The molecule has 0 nitrogen and oxygen atoms in total. The maximum absolute atomic E-state index is 2.00. The van der Waals surface area contributed by atoms with E-state index in [1.165, 1.54) is 5.08 Å². The fourth-order valence-electron chi connectivity index (χ4n) is 0.483. The van der Waals surface area contributed by atoms with Crippen LogP contribution in [0.4, 0.5) is 0 Å². The number of hydrogen-bond donors (Lipinski definition) is 0. The van der Waals surface area contributed by atoms with E-state index >= 15 is 0 Å². The van der Waals surface area contributed by atoms with Crippen LogP contribution < -0.4 is 0 Å². The van der Waals surface area contributed by atoms with Gasteiger partial charge in [-0.25, -0.2) is 0 Å². The summed E-state index contributed by atoms with van der Waals surface area (Å²) in [5.74, 6) is 0. The van der Waals surface area contributed by atoms with Crippen molar-refractivity contribution in [2.45, 2.75) is 0 Å². The molecule has 60 valence electrons. The summed E-state index contributed by atoms with van der Waals surface area (Å²) in [5.41, 5.74) is 0. The molecule has 11 heavy (non-hydrogen) atoms. The normalized spacial score (nSPS) is 15.3. The van der Waals surface area contributed by atoms with Gasteiger partial charge in [-0.15, -0.1) is 0 Å². The lowest BCUT2D eigenvalue weighted by Crippen LogP contribution is -1.47. The minimum absolute atomic E-state index is 1.26. The first-order chi connectivity index (χ1) is 5.50. The van der Waals surface area contributed by atoms with Crippen LogP contribution >= 0.6 is 41.2 Å². The maximum atomic E-state index is 2.00. The van der Waals surface area contributed by atoms with Crippen LogP contribution in [0.15, 0.2) is 36.4 Å². The van der Waals surface area contributed by atoms with E-state index in [1.807, 2.05) is 77.6 Å². The summed E-state index contributed by atoms with van der Waals surface area (Å²) in [5, 5.41) is 1.26. The van der Waals surface area contributed by atoms with E-state index in [1.54, 1.807) is 0 Å². The molecule has 0 saturated carbocycles. The highest BCUT2D eigenvalue weighted by Crippen LogP contribution is 2.53. The van der Waals surface area contributed by atoms with E-state index < -0.39 is 0 Å². The van der Waals surface area contributed by atoms with E-state index in [0.29, 0.717) is 0 Å². The van der Waals surface area contributed by atoms with E-state index in [-0.39, 0.29) is 0 Å². The summed E-state index contributed by atoms with van der Waals surface area (Å²) in [6, 6.07) is 12.0. The molecule has 1 aliphatic heterocycles. The van der Waals surface area contributed by atoms with Gasteiger partial charge in [0, 0.05) is 0 Å². The molecule has 2 rings (SSSR count). The topological polar surface area (TPSA) is 0 Å². The zero-order valence-corrected chi connectivity index (χ0v) is 9.07. The van der Waals surface area contributed by atoms with Gasteiger partial charge in [0.15, 0.2) is 0 Å². The van der Waals surface area contributed by atoms with Crippen molar-refractivity contribution in [1.82, 2.24) is 0 Å². The molecule has 0 aliphatic carbocycles. The second-order valence-corrected chi connectivity index (χ2v) is 8.01. The number of benzene rings is 1. The Hall–Kier alpha value is 0.620. The van der Waals surface area contributed by atoms with Crippen LogP contribution in [0.25, 0.3) is 0 Å². The molecular weight excluding hydrogens is 212 g/mol. The van der Waals surface area contributed by atoms with Crippen molar-refractivity contribution >= 4 is 41.2 Å². The zero-order chi connectivity index (χ0) is 7.78. The molecule has 0 amide bonds. The van der Waals surface area contributed by atoms with Gasteiger partial charge in [-0.2, -0.15) is 0 Å². The highest BCUT2D eigenvalue weighted by atomic mass is 33.7. The van der Waals surface area contributed by atoms with Gasteiger partial charge in [0.05, 0.1) is 5.08 Å². The average Bonchev–Trinajstić information content (AvgIpc) is 2.64. The summed E-state index contributed by atoms with van der Waals surface area (Å²) in [7, 11) is 7.57. The Morgan fingerprint density at radius 1 is 0.636 bits per heavy atom. The molecule has 4 heteroatoms. The minimum atomic E-state index is 1.26. The van der Waals surface area contributed by atoms with Crippen molar-refractivity contribution in [1.29, 1.82) is 0 Å². The standard InChI is InChI=1S/C6H6.CH2S4/c1-2-4-6-5-3-1;1-2-4-5-3-1/h1-6H;1H2. The van der Waals surface area contributed by atoms with Crippen molar-refractivity contribution in [2.24, 2.45) is 0 Å². The molecule has 1 fully saturated rings. The second-order valence-electron chi connectivity index (χ2n) is 1.64. The van der Waals surface area contributed by atoms with Gasteiger partial charge in [-0.3, -0.25) is 0 Å². The minimum Gasteiger partial charge on any atom is -0.0698 e. The van der Waals surface area contributed by atoms with Crippen LogP contribution in [0.1, 0.15) is 0 Å². The molecule has 0 N–H and O–H groups in total. The van der Waals surface area contributed by atoms with Crippen LogP contribution in [0.2, 0.25) is 0 Å². The molecule has 1 aromatic rings. The number of hydrogen-bond acceptors (Lipinski definition) is 4. The van der Waals surface area contributed by atoms with E-state index in [4.69, 9.17) is 0 Å². The van der Waals surface area contributed by atoms with E-state index in [2.05, 4.69) is 0 Å². The van der Waals surface area contributed by atoms with Crippen molar-refractivity contribution in [3.8, 4) is 0 Å². The highest BCUT2D eigenvalue weighted by Gasteiger charge is 1.98. The van der Waals surface area contributed by atoms with Gasteiger partial charge in [0.1, 0.15) is 0 Å². The molecule has 0 radical (unpaired) electrons. The first-order valence-corrected chi connectivity index (χ1v) is 8.23. The SMILES string of the molecule is C1SSSS1.c1ccccc1. The van der Waals surface area contributed by atoms with Gasteiger partial charge >= 0.3 is 0 Å². The lowest BCUT2D eigenvalue weighted by atomic mass is 10.4. The molecular formula is C7H8S4. The quantitative estimate of drug-likeness (QED) is 0.597. The first kappa shape index (κ1) is 9.71. The fourth-order valence-corrected chi connectivity index (χ4v) is 8.34. The second kappa shape index (κ2) is 7.28. The summed E-state index contributed by atoms with van der Waals surface area (Å²) >= 11 is 0. The Morgan fingerprint density at radius 2 is 1.00 bits per heavy atom. The van der Waals surface area contributed by atoms with E-state index in [9.17, 15) is 0 Å². The lowest BCUT2D eigenvalue weighted by molar-refractivity contribution is 1.72. The summed E-state index contributed by atoms with van der Waals surface area (Å²) in [4.78, 5) is 0. The van der Waals surface area contributed by atoms with Crippen LogP contribution in [0, 0.1) is 0 Å². The summed E-state index contributed by atoms with van der Waals surface area (Å²) < 4.78 is 0. The summed E-state index contributed by atoms with van der Waals surface area (Å²) in [6.45, 7) is 0. The van der Waals surface area contributed by atoms with Gasteiger partial charge in [-0.05, 0) is 19.7 Å². The van der Waals surface area contributed by atoms with Crippen LogP contribution in [-0.4, -0.2) is 5.08 Å². The van der Waals surface area contributed by atoms with Gasteiger partial charge in [-0.1, -0.05) is 58.0 Å². The third-order valence-electron chi connectivity index (χ3n) is 0.887. The smallest absolute Gasteiger partial charge is 0.0616 e. The Morgan fingerprint density at radius 3 is 1.18 bits per heavy atom. The highest BCUT2D eigenvalue weighted by molar-refractivity contribution is 9.30. The predicted octanol–water partition coefficient (Wildman–Crippen LogP) is 4.32. The number of rotatable bonds is 0. The van der Waals surface area contributed by atoms with Gasteiger partial charge in [0.2, 0.25) is 0 Å². The van der Waals surface area contributed by atoms with Gasteiger partial charge < -0.3 is 0 Å². The molecule has 1 heterocycles. The van der Waals surface area contributed by atoms with Crippen LogP contribution in [0.5, 0.6) is 0 Å². The van der Waals surface area contributed by atoms with Crippen molar-refractivity contribution < 1.29 is 0 Å². The summed E-state index contributed by atoms with van der Waals surface area (Å²) in [6.07, 6.45) is 0. The predicted molar refractivity (Wildman–Crippen MR) is 61.7 cm³/mol. The maximum Gasteiger partial charge on any atom is 0.0616 e. The molecule has 0 bridgehead atoms. The molecule has 0 atom stereocenters. The van der Waals surface area contributed by atoms with Crippen LogP contribution in [0.3, 0.4) is 0 Å². The molecule has 1 aliphatic rings.